The fourth-order valence-electron chi connectivity index (χ4n) is 3.70. The number of hydrogen-bond donors (Lipinski definition) is 2. The Morgan fingerprint density at radius 1 is 1.00 bits per heavy atom. The number of halogens is 4. The van der Waals surface area contributed by atoms with Crippen LogP contribution in [0.5, 0.6) is 5.75 Å². The van der Waals surface area contributed by atoms with Crippen molar-refractivity contribution in [2.75, 3.05) is 0 Å². The van der Waals surface area contributed by atoms with Gasteiger partial charge in [-0.25, -0.2) is 0 Å². The van der Waals surface area contributed by atoms with Gasteiger partial charge in [-0.05, 0) is 51.4 Å². The summed E-state index contributed by atoms with van der Waals surface area (Å²) in [6.07, 6.45) is 4.78. The molecule has 1 unspecified atom stereocenters. The molecule has 3 aromatic heterocycles. The highest BCUT2D eigenvalue weighted by atomic mass is 32.1. The van der Waals surface area contributed by atoms with Crippen molar-refractivity contribution in [2.24, 2.45) is 0 Å². The maximum atomic E-state index is 13.3. The minimum Gasteiger partial charge on any atom is -0.430 e. The lowest BCUT2D eigenvalue weighted by molar-refractivity contribution is -0.0892. The monoisotopic (exact) mass is 638 g/mol. The zero-order valence-electron chi connectivity index (χ0n) is 22.8. The second kappa shape index (κ2) is 14.0. The van der Waals surface area contributed by atoms with E-state index >= 15 is 0 Å². The lowest BCUT2D eigenvalue weighted by atomic mass is 10.2. The minimum absolute atomic E-state index is 0.0319. The summed E-state index contributed by atoms with van der Waals surface area (Å²) in [5.74, 6) is -7.36. The second-order valence-electron chi connectivity index (χ2n) is 9.44. The number of pyridine rings is 1. The first-order chi connectivity index (χ1) is 20.4. The van der Waals surface area contributed by atoms with Crippen molar-refractivity contribution < 1.29 is 31.9 Å². The Morgan fingerprint density at radius 2 is 1.77 bits per heavy atom. The van der Waals surface area contributed by atoms with Crippen LogP contribution >= 0.6 is 20.6 Å². The third kappa shape index (κ3) is 10.0. The lowest BCUT2D eigenvalue weighted by Gasteiger charge is -2.13. The highest BCUT2D eigenvalue weighted by Crippen LogP contribution is 2.27. The zero-order valence-corrected chi connectivity index (χ0v) is 24.7. The number of benzene rings is 1. The van der Waals surface area contributed by atoms with E-state index in [1.54, 1.807) is 12.1 Å². The molecule has 4 rings (SSSR count). The van der Waals surface area contributed by atoms with Gasteiger partial charge >= 0.3 is 5.85 Å². The third-order valence-electron chi connectivity index (χ3n) is 5.79. The van der Waals surface area contributed by atoms with Gasteiger partial charge < -0.3 is 15.4 Å². The molecule has 17 heteroatoms. The number of carbonyl (C=O) groups excluding carboxylic acids is 2. The highest BCUT2D eigenvalue weighted by Gasteiger charge is 2.26. The number of nitrogens with one attached hydrogen (secondary N) is 2. The molecule has 0 bridgehead atoms. The van der Waals surface area contributed by atoms with E-state index in [2.05, 4.69) is 40.9 Å². The fraction of sp³-hybridized carbons (Fsp3) is 0.346. The molecule has 2 N–H and O–H groups in total. The third-order valence-corrected chi connectivity index (χ3v) is 6.89. The number of rotatable bonds is 14. The summed E-state index contributed by atoms with van der Waals surface area (Å²) in [5, 5.41) is 22.0. The van der Waals surface area contributed by atoms with Gasteiger partial charge in [0.15, 0.2) is 5.69 Å². The van der Waals surface area contributed by atoms with Crippen molar-refractivity contribution in [3.8, 4) is 5.75 Å². The van der Waals surface area contributed by atoms with Gasteiger partial charge in [0.05, 0.1) is 6.20 Å². The summed E-state index contributed by atoms with van der Waals surface area (Å²) in [6.45, 7) is 1.45. The van der Waals surface area contributed by atoms with Gasteiger partial charge in [0, 0.05) is 39.2 Å². The predicted octanol–water partition coefficient (Wildman–Crippen LogP) is 4.32. The lowest BCUT2D eigenvalue weighted by Crippen LogP contribution is -2.23. The van der Waals surface area contributed by atoms with E-state index in [0.717, 1.165) is 18.3 Å². The summed E-state index contributed by atoms with van der Waals surface area (Å²) in [4.78, 5) is 28.6. The van der Waals surface area contributed by atoms with Gasteiger partial charge in [0.25, 0.3) is 17.7 Å². The van der Waals surface area contributed by atoms with Gasteiger partial charge in [-0.15, -0.1) is 15.3 Å². The number of hydrogen-bond acceptors (Lipinski definition) is 9. The highest BCUT2D eigenvalue weighted by molar-refractivity contribution is 7.17. The van der Waals surface area contributed by atoms with E-state index in [1.165, 1.54) is 50.6 Å². The molecule has 2 amide bonds. The van der Waals surface area contributed by atoms with Gasteiger partial charge in [-0.1, -0.05) is 34.7 Å². The SMILES string of the molecule is CC(F)(F)c1ccc(CNC(=O)c2nnc(CCCCn3cc(C(=O)NCc4cccc(OC(F)(F)P)c4)nn3)s2)cn1. The Morgan fingerprint density at radius 3 is 2.49 bits per heavy atom. The number of aryl methyl sites for hydroxylation is 2. The average Bonchev–Trinajstić information content (AvgIpc) is 3.62. The first kappa shape index (κ1) is 31.9. The van der Waals surface area contributed by atoms with Crippen molar-refractivity contribution in [2.45, 2.75) is 57.6 Å². The van der Waals surface area contributed by atoms with Crippen molar-refractivity contribution in [1.82, 2.24) is 40.8 Å². The van der Waals surface area contributed by atoms with E-state index in [1.807, 2.05) is 0 Å². The molecule has 0 saturated heterocycles. The molecule has 0 aliphatic heterocycles. The smallest absolute Gasteiger partial charge is 0.408 e. The number of alkyl halides is 4. The number of amides is 2. The molecule has 4 aromatic rings. The van der Waals surface area contributed by atoms with Crippen LogP contribution in [0.1, 0.15) is 61.9 Å². The van der Waals surface area contributed by atoms with Gasteiger partial charge in [-0.2, -0.15) is 17.6 Å². The standard InChI is InChI=1S/C26H27F4N8O3PS/c1-25(27,28)20-9-8-17(13-31-20)14-33-23(40)24-36-35-21(43-24)7-2-3-10-38-15-19(34-37-38)22(39)32-12-16-5-4-6-18(11-16)41-26(29,30)42/h4-6,8-9,11,13,15H,2-3,7,10,12,14,42H2,1H3,(H,32,39)(H,33,40). The fourth-order valence-corrected chi connectivity index (χ4v) is 4.64. The molecular weight excluding hydrogens is 611 g/mol. The summed E-state index contributed by atoms with van der Waals surface area (Å²) in [6, 6.07) is 8.70. The first-order valence-corrected chi connectivity index (χ1v) is 14.3. The Bertz CT molecular complexity index is 1540. The summed E-state index contributed by atoms with van der Waals surface area (Å²) >= 11 is 1.16. The van der Waals surface area contributed by atoms with Crippen LogP contribution in [0.3, 0.4) is 0 Å². The summed E-state index contributed by atoms with van der Waals surface area (Å²) in [5.41, 5.74) is 0.903. The van der Waals surface area contributed by atoms with Crippen molar-refractivity contribution in [3.05, 3.63) is 81.3 Å². The van der Waals surface area contributed by atoms with E-state index in [4.69, 9.17) is 0 Å². The normalized spacial score (nSPS) is 11.8. The number of nitrogens with zero attached hydrogens (tertiary/aromatic N) is 6. The second-order valence-corrected chi connectivity index (χ2v) is 11.2. The zero-order chi connectivity index (χ0) is 31.0. The average molecular weight is 639 g/mol. The molecule has 1 atom stereocenters. The Kier molecular flexibility index (Phi) is 10.3. The maximum Gasteiger partial charge on any atom is 0.408 e. The van der Waals surface area contributed by atoms with E-state index < -0.39 is 23.6 Å². The molecule has 11 nitrogen and oxygen atoms in total. The summed E-state index contributed by atoms with van der Waals surface area (Å²) < 4.78 is 58.7. The predicted molar refractivity (Wildman–Crippen MR) is 151 cm³/mol. The molecule has 228 valence electrons. The molecule has 0 fully saturated rings. The van der Waals surface area contributed by atoms with E-state index in [-0.39, 0.29) is 35.2 Å². The van der Waals surface area contributed by atoms with Crippen molar-refractivity contribution in [3.63, 3.8) is 0 Å². The Hall–Kier alpha value is -4.04. The van der Waals surface area contributed by atoms with Crippen molar-refractivity contribution in [1.29, 1.82) is 0 Å². The molecule has 0 aliphatic carbocycles. The molecular formula is C26H27F4N8O3PS. The van der Waals surface area contributed by atoms with Crippen LogP contribution in [0.25, 0.3) is 0 Å². The van der Waals surface area contributed by atoms with Gasteiger partial charge in [-0.3, -0.25) is 19.3 Å². The number of aromatic nitrogens is 6. The van der Waals surface area contributed by atoms with Crippen LogP contribution in [0, 0.1) is 0 Å². The molecule has 0 saturated carbocycles. The van der Waals surface area contributed by atoms with Crippen LogP contribution < -0.4 is 15.4 Å². The maximum absolute atomic E-state index is 13.3. The Balaban J connectivity index is 1.16. The Labute approximate surface area is 249 Å². The van der Waals surface area contributed by atoms with Crippen LogP contribution in [-0.4, -0.2) is 47.8 Å². The number of unbranched alkanes of at least 4 members (excludes halogenated alkanes) is 1. The van der Waals surface area contributed by atoms with Crippen LogP contribution in [0.15, 0.2) is 48.8 Å². The minimum atomic E-state index is -3.40. The van der Waals surface area contributed by atoms with Crippen molar-refractivity contribution >= 4 is 32.4 Å². The first-order valence-electron chi connectivity index (χ1n) is 12.9. The molecule has 0 aliphatic rings. The van der Waals surface area contributed by atoms with E-state index in [0.29, 0.717) is 41.9 Å². The van der Waals surface area contributed by atoms with Crippen LogP contribution in [0.2, 0.25) is 0 Å². The van der Waals surface area contributed by atoms with E-state index in [9.17, 15) is 27.2 Å². The molecule has 0 spiro atoms. The molecule has 1 aromatic carbocycles. The molecule has 43 heavy (non-hydrogen) atoms. The summed E-state index contributed by atoms with van der Waals surface area (Å²) in [7, 11) is 1.30. The number of carbonyl (C=O) groups is 2. The quantitative estimate of drug-likeness (QED) is 0.118. The van der Waals surface area contributed by atoms with Gasteiger partial charge in [0.2, 0.25) is 5.01 Å². The van der Waals surface area contributed by atoms with Crippen LogP contribution in [-0.2, 0) is 32.0 Å². The van der Waals surface area contributed by atoms with Crippen LogP contribution in [0.4, 0.5) is 17.6 Å². The van der Waals surface area contributed by atoms with Gasteiger partial charge in [0.1, 0.15) is 16.5 Å². The topological polar surface area (TPSA) is 137 Å². The largest absolute Gasteiger partial charge is 0.430 e. The molecule has 0 radical (unpaired) electrons. The molecule has 3 heterocycles. The number of ether oxygens (including phenoxy) is 1.